The highest BCUT2D eigenvalue weighted by Gasteiger charge is 2.50. The van der Waals surface area contributed by atoms with Crippen molar-refractivity contribution in [3.63, 3.8) is 0 Å². The molecule has 7 heteroatoms. The minimum Gasteiger partial charge on any atom is -0.465 e. The molecular weight excluding hydrogens is 392 g/mol. The van der Waals surface area contributed by atoms with E-state index in [1.165, 1.54) is 6.42 Å². The topological polar surface area (TPSA) is 67.8 Å². The molecule has 2 aliphatic heterocycles. The first kappa shape index (κ1) is 20.5. The van der Waals surface area contributed by atoms with Gasteiger partial charge in [0, 0.05) is 25.7 Å². The number of amides is 1. The quantitative estimate of drug-likeness (QED) is 0.750. The van der Waals surface area contributed by atoms with E-state index in [1.54, 1.807) is 0 Å². The van der Waals surface area contributed by atoms with E-state index in [1.807, 2.05) is 24.3 Å². The van der Waals surface area contributed by atoms with Crippen molar-refractivity contribution in [2.24, 2.45) is 10.8 Å². The van der Waals surface area contributed by atoms with Crippen LogP contribution in [0.15, 0.2) is 24.3 Å². The van der Waals surface area contributed by atoms with Gasteiger partial charge in [0.1, 0.15) is 0 Å². The first-order chi connectivity index (χ1) is 14.8. The Balaban J connectivity index is 1.36. The van der Waals surface area contributed by atoms with E-state index < -0.39 is 0 Å². The standard InChI is InChI=1S/C24H32N4O3/c1-23(2)12-17-13-24(3,15-23)16-28(17)20(29)14-31-22-21(27-8-10-30-11-9-27)25-18-6-4-5-7-19(18)26-22/h4-7,17H,8-16H2,1-3H3. The fourth-order valence-corrected chi connectivity index (χ4v) is 6.02. The molecule has 0 N–H and O–H groups in total. The lowest BCUT2D eigenvalue weighted by molar-refractivity contribution is -0.134. The van der Waals surface area contributed by atoms with E-state index in [4.69, 9.17) is 19.4 Å². The van der Waals surface area contributed by atoms with Gasteiger partial charge in [-0.25, -0.2) is 9.97 Å². The number of nitrogens with zero attached hydrogens (tertiary/aromatic N) is 4. The SMILES string of the molecule is CC1(C)CC2CC(C)(CN2C(=O)COc2nc3ccccc3nc2N2CCOCC2)C1. The third kappa shape index (κ3) is 4.07. The minimum absolute atomic E-state index is 0.00261. The van der Waals surface area contributed by atoms with Crippen LogP contribution in [0.25, 0.3) is 11.0 Å². The molecule has 2 atom stereocenters. The summed E-state index contributed by atoms with van der Waals surface area (Å²) in [7, 11) is 0. The van der Waals surface area contributed by atoms with Crippen LogP contribution in [0.4, 0.5) is 5.82 Å². The molecule has 166 valence electrons. The Labute approximate surface area is 183 Å². The van der Waals surface area contributed by atoms with Crippen LogP contribution in [0.3, 0.4) is 0 Å². The van der Waals surface area contributed by atoms with Crippen molar-refractivity contribution in [1.29, 1.82) is 0 Å². The maximum absolute atomic E-state index is 13.2. The molecule has 1 saturated carbocycles. The zero-order valence-corrected chi connectivity index (χ0v) is 18.8. The van der Waals surface area contributed by atoms with Gasteiger partial charge in [-0.1, -0.05) is 32.9 Å². The summed E-state index contributed by atoms with van der Waals surface area (Å²) in [5, 5.41) is 0. The Kier molecular flexibility index (Phi) is 5.04. The Morgan fingerprint density at radius 2 is 1.84 bits per heavy atom. The van der Waals surface area contributed by atoms with E-state index >= 15 is 0 Å². The number of para-hydroxylation sites is 2. The molecule has 5 rings (SSSR count). The molecule has 0 spiro atoms. The van der Waals surface area contributed by atoms with E-state index in [2.05, 4.69) is 30.6 Å². The molecule has 1 aliphatic carbocycles. The number of carbonyl (C=O) groups excluding carboxylic acids is 1. The van der Waals surface area contributed by atoms with E-state index in [9.17, 15) is 4.79 Å². The second kappa shape index (κ2) is 7.62. The molecule has 1 aromatic heterocycles. The Morgan fingerprint density at radius 3 is 2.58 bits per heavy atom. The van der Waals surface area contributed by atoms with Crippen LogP contribution in [0, 0.1) is 10.8 Å². The average Bonchev–Trinajstić information content (AvgIpc) is 3.00. The highest BCUT2D eigenvalue weighted by atomic mass is 16.5. The number of hydrogen-bond donors (Lipinski definition) is 0. The number of carbonyl (C=O) groups is 1. The maximum atomic E-state index is 13.2. The van der Waals surface area contributed by atoms with Crippen LogP contribution in [-0.4, -0.2) is 66.3 Å². The van der Waals surface area contributed by atoms with Gasteiger partial charge < -0.3 is 19.3 Å². The smallest absolute Gasteiger partial charge is 0.260 e. The molecule has 31 heavy (non-hydrogen) atoms. The number of anilines is 1. The van der Waals surface area contributed by atoms with E-state index in [-0.39, 0.29) is 23.3 Å². The van der Waals surface area contributed by atoms with Crippen molar-refractivity contribution in [2.75, 3.05) is 44.4 Å². The highest BCUT2D eigenvalue weighted by molar-refractivity contribution is 5.80. The number of morpholine rings is 1. The molecule has 3 fully saturated rings. The second-order valence-corrected chi connectivity index (χ2v) is 10.5. The lowest BCUT2D eigenvalue weighted by atomic mass is 9.65. The van der Waals surface area contributed by atoms with Crippen LogP contribution >= 0.6 is 0 Å². The van der Waals surface area contributed by atoms with Crippen molar-refractivity contribution in [3.8, 4) is 5.88 Å². The van der Waals surface area contributed by atoms with Gasteiger partial charge in [-0.05, 0) is 42.2 Å². The predicted octanol–water partition coefficient (Wildman–Crippen LogP) is 3.27. The fraction of sp³-hybridized carbons (Fsp3) is 0.625. The Morgan fingerprint density at radius 1 is 1.13 bits per heavy atom. The van der Waals surface area contributed by atoms with Gasteiger partial charge in [-0.15, -0.1) is 0 Å². The zero-order chi connectivity index (χ0) is 21.6. The lowest BCUT2D eigenvalue weighted by Gasteiger charge is -2.39. The summed E-state index contributed by atoms with van der Waals surface area (Å²) in [4.78, 5) is 26.9. The Hall–Kier alpha value is -2.41. The summed E-state index contributed by atoms with van der Waals surface area (Å²) in [6.45, 7) is 10.6. The van der Waals surface area contributed by atoms with Crippen molar-refractivity contribution in [1.82, 2.24) is 14.9 Å². The molecule has 0 radical (unpaired) electrons. The molecule has 2 aromatic rings. The second-order valence-electron chi connectivity index (χ2n) is 10.5. The lowest BCUT2D eigenvalue weighted by Crippen LogP contribution is -2.40. The summed E-state index contributed by atoms with van der Waals surface area (Å²) >= 11 is 0. The summed E-state index contributed by atoms with van der Waals surface area (Å²) in [5.41, 5.74) is 2.09. The first-order valence-electron chi connectivity index (χ1n) is 11.3. The summed E-state index contributed by atoms with van der Waals surface area (Å²) in [6.07, 6.45) is 3.32. The van der Waals surface area contributed by atoms with Gasteiger partial charge >= 0.3 is 0 Å². The summed E-state index contributed by atoms with van der Waals surface area (Å²) in [5.74, 6) is 1.18. The number of fused-ring (bicyclic) bond motifs is 3. The van der Waals surface area contributed by atoms with Gasteiger partial charge in [0.05, 0.1) is 24.2 Å². The largest absolute Gasteiger partial charge is 0.465 e. The number of ether oxygens (including phenoxy) is 2. The van der Waals surface area contributed by atoms with Gasteiger partial charge in [-0.2, -0.15) is 0 Å². The summed E-state index contributed by atoms with van der Waals surface area (Å²) < 4.78 is 11.5. The van der Waals surface area contributed by atoms with E-state index in [0.717, 1.165) is 43.5 Å². The molecule has 2 bridgehead atoms. The number of hydrogen-bond acceptors (Lipinski definition) is 6. The van der Waals surface area contributed by atoms with Crippen LogP contribution in [0.5, 0.6) is 5.88 Å². The predicted molar refractivity (Wildman–Crippen MR) is 119 cm³/mol. The fourth-order valence-electron chi connectivity index (χ4n) is 6.02. The number of rotatable bonds is 4. The molecule has 7 nitrogen and oxygen atoms in total. The van der Waals surface area contributed by atoms with Crippen molar-refractivity contribution < 1.29 is 14.3 Å². The zero-order valence-electron chi connectivity index (χ0n) is 18.8. The Bertz CT molecular complexity index is 988. The van der Waals surface area contributed by atoms with Crippen molar-refractivity contribution in [2.45, 2.75) is 46.1 Å². The van der Waals surface area contributed by atoms with E-state index in [0.29, 0.717) is 31.0 Å². The minimum atomic E-state index is -0.00261. The van der Waals surface area contributed by atoms with Crippen LogP contribution in [0.2, 0.25) is 0 Å². The number of aromatic nitrogens is 2. The van der Waals surface area contributed by atoms with Gasteiger partial charge in [0.15, 0.2) is 12.4 Å². The molecule has 3 aliphatic rings. The van der Waals surface area contributed by atoms with Crippen LogP contribution in [0.1, 0.15) is 40.0 Å². The normalized spacial score (nSPS) is 27.5. The molecule has 2 unspecified atom stereocenters. The van der Waals surface area contributed by atoms with Crippen molar-refractivity contribution in [3.05, 3.63) is 24.3 Å². The van der Waals surface area contributed by atoms with Gasteiger partial charge in [0.2, 0.25) is 0 Å². The third-order valence-electron chi connectivity index (χ3n) is 6.90. The van der Waals surface area contributed by atoms with Gasteiger partial charge in [0.25, 0.3) is 11.8 Å². The number of benzene rings is 1. The first-order valence-corrected chi connectivity index (χ1v) is 11.3. The average molecular weight is 425 g/mol. The maximum Gasteiger partial charge on any atom is 0.260 e. The highest BCUT2D eigenvalue weighted by Crippen LogP contribution is 2.52. The molecule has 1 aromatic carbocycles. The monoisotopic (exact) mass is 424 g/mol. The molecular formula is C24H32N4O3. The van der Waals surface area contributed by atoms with Crippen LogP contribution in [-0.2, 0) is 9.53 Å². The van der Waals surface area contributed by atoms with Crippen molar-refractivity contribution >= 4 is 22.8 Å². The molecule has 3 heterocycles. The van der Waals surface area contributed by atoms with Crippen LogP contribution < -0.4 is 9.64 Å². The third-order valence-corrected chi connectivity index (χ3v) is 6.90. The molecule has 2 saturated heterocycles. The summed E-state index contributed by atoms with van der Waals surface area (Å²) in [6, 6.07) is 8.08. The molecule has 1 amide bonds. The number of likely N-dealkylation sites (tertiary alicyclic amines) is 1. The van der Waals surface area contributed by atoms with Gasteiger partial charge in [-0.3, -0.25) is 4.79 Å².